The zero-order chi connectivity index (χ0) is 11.5. The molecule has 0 aliphatic rings. The first-order valence-corrected chi connectivity index (χ1v) is 6.23. The predicted octanol–water partition coefficient (Wildman–Crippen LogP) is 3.64. The summed E-state index contributed by atoms with van der Waals surface area (Å²) in [6.07, 6.45) is 7.35. The van der Waals surface area contributed by atoms with Gasteiger partial charge < -0.3 is 0 Å². The molecule has 0 unspecified atom stereocenters. The van der Waals surface area contributed by atoms with E-state index in [4.69, 9.17) is 11.6 Å². The van der Waals surface area contributed by atoms with Crippen LogP contribution in [0.1, 0.15) is 19.2 Å². The molecule has 0 atom stereocenters. The number of nitrogens with zero attached hydrogens (tertiary/aromatic N) is 3. The monoisotopic (exact) mass is 299 g/mol. The van der Waals surface area contributed by atoms with E-state index >= 15 is 0 Å². The van der Waals surface area contributed by atoms with Crippen LogP contribution in [0.25, 0.3) is 5.82 Å². The van der Waals surface area contributed by atoms with E-state index < -0.39 is 0 Å². The Hall–Kier alpha value is -0.870. The first-order valence-electron chi connectivity index (χ1n) is 5.06. The van der Waals surface area contributed by atoms with Crippen molar-refractivity contribution in [3.63, 3.8) is 0 Å². The summed E-state index contributed by atoms with van der Waals surface area (Å²) in [5, 5.41) is 0.615. The summed E-state index contributed by atoms with van der Waals surface area (Å²) in [6.45, 7) is 2.12. The summed E-state index contributed by atoms with van der Waals surface area (Å²) in [7, 11) is 0. The minimum Gasteiger partial charge on any atom is -0.287 e. The summed E-state index contributed by atoms with van der Waals surface area (Å²) in [5.74, 6) is 1.71. The molecular formula is C11H11BrClN3. The normalized spacial score (nSPS) is 10.7. The maximum atomic E-state index is 6.15. The third kappa shape index (κ3) is 2.28. The lowest BCUT2D eigenvalue weighted by atomic mass is 10.3. The van der Waals surface area contributed by atoms with Gasteiger partial charge >= 0.3 is 0 Å². The Morgan fingerprint density at radius 1 is 1.44 bits per heavy atom. The SMILES string of the molecule is CCCc1nccn1-c1ncc(Br)cc1Cl. The molecule has 2 rings (SSSR count). The van der Waals surface area contributed by atoms with Crippen molar-refractivity contribution in [1.29, 1.82) is 0 Å². The van der Waals surface area contributed by atoms with Gasteiger partial charge in [0, 0.05) is 29.5 Å². The van der Waals surface area contributed by atoms with Crippen LogP contribution in [-0.2, 0) is 6.42 Å². The van der Waals surface area contributed by atoms with Crippen LogP contribution in [0.3, 0.4) is 0 Å². The highest BCUT2D eigenvalue weighted by atomic mass is 79.9. The van der Waals surface area contributed by atoms with E-state index in [1.54, 1.807) is 12.4 Å². The number of halogens is 2. The number of hydrogen-bond acceptors (Lipinski definition) is 2. The molecule has 0 N–H and O–H groups in total. The van der Waals surface area contributed by atoms with Gasteiger partial charge in [-0.1, -0.05) is 18.5 Å². The van der Waals surface area contributed by atoms with Crippen molar-refractivity contribution in [2.24, 2.45) is 0 Å². The number of rotatable bonds is 3. The highest BCUT2D eigenvalue weighted by Gasteiger charge is 2.09. The van der Waals surface area contributed by atoms with E-state index in [1.165, 1.54) is 0 Å². The molecular weight excluding hydrogens is 289 g/mol. The zero-order valence-electron chi connectivity index (χ0n) is 8.82. The summed E-state index contributed by atoms with van der Waals surface area (Å²) in [4.78, 5) is 8.61. The molecule has 0 saturated heterocycles. The largest absolute Gasteiger partial charge is 0.287 e. The Bertz CT molecular complexity index is 496. The van der Waals surface area contributed by atoms with E-state index in [1.807, 2.05) is 16.8 Å². The molecule has 0 spiro atoms. The van der Waals surface area contributed by atoms with Crippen molar-refractivity contribution in [2.75, 3.05) is 0 Å². The Morgan fingerprint density at radius 3 is 2.94 bits per heavy atom. The van der Waals surface area contributed by atoms with Crippen molar-refractivity contribution in [2.45, 2.75) is 19.8 Å². The van der Waals surface area contributed by atoms with Gasteiger partial charge in [0.05, 0.1) is 5.02 Å². The highest BCUT2D eigenvalue weighted by molar-refractivity contribution is 9.10. The van der Waals surface area contributed by atoms with Gasteiger partial charge in [0.1, 0.15) is 5.82 Å². The van der Waals surface area contributed by atoms with Gasteiger partial charge in [-0.05, 0) is 28.4 Å². The fraction of sp³-hybridized carbons (Fsp3) is 0.273. The molecule has 0 radical (unpaired) electrons. The molecule has 5 heteroatoms. The molecule has 0 aliphatic carbocycles. The van der Waals surface area contributed by atoms with Crippen LogP contribution >= 0.6 is 27.5 Å². The fourth-order valence-corrected chi connectivity index (χ4v) is 2.24. The van der Waals surface area contributed by atoms with E-state index in [2.05, 4.69) is 32.8 Å². The van der Waals surface area contributed by atoms with Gasteiger partial charge in [0.25, 0.3) is 0 Å². The van der Waals surface area contributed by atoms with Crippen LogP contribution in [0.5, 0.6) is 0 Å². The van der Waals surface area contributed by atoms with Gasteiger partial charge in [-0.2, -0.15) is 0 Å². The Labute approximate surface area is 108 Å². The summed E-state index contributed by atoms with van der Waals surface area (Å²) in [5.41, 5.74) is 0. The van der Waals surface area contributed by atoms with Crippen molar-refractivity contribution < 1.29 is 0 Å². The third-order valence-electron chi connectivity index (χ3n) is 2.21. The van der Waals surface area contributed by atoms with E-state index in [0.717, 1.165) is 29.0 Å². The molecule has 2 aromatic heterocycles. The van der Waals surface area contributed by atoms with Gasteiger partial charge in [0.2, 0.25) is 0 Å². The minimum atomic E-state index is 0.615. The molecule has 2 heterocycles. The average Bonchev–Trinajstić information content (AvgIpc) is 2.67. The number of hydrogen-bond donors (Lipinski definition) is 0. The maximum absolute atomic E-state index is 6.15. The standard InChI is InChI=1S/C11H11BrClN3/c1-2-3-10-14-4-5-16(10)11-9(13)6-8(12)7-15-11/h4-7H,2-3H2,1H3. The van der Waals surface area contributed by atoms with E-state index in [9.17, 15) is 0 Å². The molecule has 0 aromatic carbocycles. The van der Waals surface area contributed by atoms with Crippen LogP contribution in [0.15, 0.2) is 29.1 Å². The average molecular weight is 301 g/mol. The molecule has 0 aliphatic heterocycles. The molecule has 2 aromatic rings. The first kappa shape index (κ1) is 11.6. The first-order chi connectivity index (χ1) is 7.72. The van der Waals surface area contributed by atoms with Crippen molar-refractivity contribution in [3.05, 3.63) is 40.0 Å². The van der Waals surface area contributed by atoms with E-state index in [0.29, 0.717) is 5.02 Å². The molecule has 0 fully saturated rings. The van der Waals surface area contributed by atoms with Gasteiger partial charge in [0.15, 0.2) is 5.82 Å². The molecule has 0 amide bonds. The fourth-order valence-electron chi connectivity index (χ4n) is 1.52. The second-order valence-electron chi connectivity index (χ2n) is 3.42. The number of imidazole rings is 1. The molecule has 0 bridgehead atoms. The lowest BCUT2D eigenvalue weighted by Crippen LogP contribution is -2.03. The number of pyridine rings is 1. The van der Waals surface area contributed by atoms with E-state index in [-0.39, 0.29) is 0 Å². The van der Waals surface area contributed by atoms with Crippen LogP contribution in [-0.4, -0.2) is 14.5 Å². The zero-order valence-corrected chi connectivity index (χ0v) is 11.2. The highest BCUT2D eigenvalue weighted by Crippen LogP contribution is 2.23. The van der Waals surface area contributed by atoms with Crippen LogP contribution in [0.4, 0.5) is 0 Å². The summed E-state index contributed by atoms with van der Waals surface area (Å²) in [6, 6.07) is 1.83. The lowest BCUT2D eigenvalue weighted by molar-refractivity contribution is 0.798. The summed E-state index contributed by atoms with van der Waals surface area (Å²) >= 11 is 9.49. The quantitative estimate of drug-likeness (QED) is 0.866. The Morgan fingerprint density at radius 2 is 2.25 bits per heavy atom. The van der Waals surface area contributed by atoms with Crippen molar-refractivity contribution >= 4 is 27.5 Å². The Kier molecular flexibility index (Phi) is 3.61. The maximum Gasteiger partial charge on any atom is 0.156 e. The number of aryl methyl sites for hydroxylation is 1. The number of aromatic nitrogens is 3. The van der Waals surface area contributed by atoms with Gasteiger partial charge in [-0.25, -0.2) is 9.97 Å². The predicted molar refractivity (Wildman–Crippen MR) is 68.1 cm³/mol. The van der Waals surface area contributed by atoms with Crippen LogP contribution in [0.2, 0.25) is 5.02 Å². The minimum absolute atomic E-state index is 0.615. The smallest absolute Gasteiger partial charge is 0.156 e. The van der Waals surface area contributed by atoms with Gasteiger partial charge in [-0.15, -0.1) is 0 Å². The van der Waals surface area contributed by atoms with Crippen LogP contribution in [0, 0.1) is 0 Å². The Balaban J connectivity index is 2.46. The molecule has 84 valence electrons. The van der Waals surface area contributed by atoms with Crippen molar-refractivity contribution in [1.82, 2.24) is 14.5 Å². The second kappa shape index (κ2) is 4.97. The van der Waals surface area contributed by atoms with Crippen LogP contribution < -0.4 is 0 Å². The molecule has 0 saturated carbocycles. The van der Waals surface area contributed by atoms with Gasteiger partial charge in [-0.3, -0.25) is 4.57 Å². The lowest BCUT2D eigenvalue weighted by Gasteiger charge is -2.08. The third-order valence-corrected chi connectivity index (χ3v) is 2.92. The molecule has 3 nitrogen and oxygen atoms in total. The summed E-state index contributed by atoms with van der Waals surface area (Å²) < 4.78 is 2.80. The molecule has 16 heavy (non-hydrogen) atoms. The topological polar surface area (TPSA) is 30.7 Å². The van der Waals surface area contributed by atoms with Crippen molar-refractivity contribution in [3.8, 4) is 5.82 Å². The second-order valence-corrected chi connectivity index (χ2v) is 4.75.